The fourth-order valence-electron chi connectivity index (χ4n) is 1.84. The molecule has 0 aliphatic rings. The maximum absolute atomic E-state index is 5.69. The molecule has 18 heavy (non-hydrogen) atoms. The van der Waals surface area contributed by atoms with Crippen molar-refractivity contribution in [1.82, 2.24) is 5.32 Å². The van der Waals surface area contributed by atoms with E-state index in [1.165, 1.54) is 9.13 Å². The number of benzene rings is 1. The van der Waals surface area contributed by atoms with E-state index in [0.717, 1.165) is 23.4 Å². The number of furan rings is 1. The zero-order valence-corrected chi connectivity index (χ0v) is 13.9. The molecule has 0 aliphatic carbocycles. The van der Waals surface area contributed by atoms with Crippen LogP contribution in [-0.4, -0.2) is 6.54 Å². The van der Waals surface area contributed by atoms with Crippen molar-refractivity contribution in [3.8, 4) is 0 Å². The van der Waals surface area contributed by atoms with Crippen molar-refractivity contribution in [3.63, 3.8) is 0 Å². The van der Waals surface area contributed by atoms with Crippen LogP contribution in [0.3, 0.4) is 0 Å². The zero-order valence-electron chi connectivity index (χ0n) is 10.1. The van der Waals surface area contributed by atoms with Crippen molar-refractivity contribution in [1.29, 1.82) is 0 Å². The van der Waals surface area contributed by atoms with Crippen LogP contribution in [0.5, 0.6) is 0 Å². The lowest BCUT2D eigenvalue weighted by Gasteiger charge is -2.17. The number of rotatable bonds is 5. The van der Waals surface area contributed by atoms with Gasteiger partial charge in [-0.2, -0.15) is 0 Å². The van der Waals surface area contributed by atoms with Gasteiger partial charge in [0.15, 0.2) is 4.67 Å². The van der Waals surface area contributed by atoms with E-state index in [9.17, 15) is 0 Å². The molecule has 96 valence electrons. The second-order valence-electron chi connectivity index (χ2n) is 4.08. The van der Waals surface area contributed by atoms with Crippen molar-refractivity contribution in [2.24, 2.45) is 0 Å². The highest BCUT2D eigenvalue weighted by Gasteiger charge is 2.17. The molecule has 2 rings (SSSR count). The monoisotopic (exact) mass is 419 g/mol. The molecule has 0 amide bonds. The Balaban J connectivity index is 2.30. The van der Waals surface area contributed by atoms with Gasteiger partial charge in [0.2, 0.25) is 0 Å². The average Bonchev–Trinajstić information content (AvgIpc) is 2.76. The van der Waals surface area contributed by atoms with Crippen LogP contribution in [0.1, 0.15) is 30.7 Å². The molecular weight excluding hydrogens is 405 g/mol. The normalized spacial score (nSPS) is 12.6. The minimum absolute atomic E-state index is 0.117. The maximum atomic E-state index is 5.69. The summed E-state index contributed by atoms with van der Waals surface area (Å²) in [6.45, 7) is 3.13. The first-order chi connectivity index (χ1) is 8.70. The van der Waals surface area contributed by atoms with E-state index < -0.39 is 0 Å². The molecule has 1 aromatic heterocycles. The Kier molecular flexibility index (Phi) is 5.26. The van der Waals surface area contributed by atoms with Crippen LogP contribution in [-0.2, 0) is 0 Å². The second-order valence-corrected chi connectivity index (χ2v) is 6.11. The fourth-order valence-corrected chi connectivity index (χ4v) is 2.73. The highest BCUT2D eigenvalue weighted by Crippen LogP contribution is 2.27. The standard InChI is InChI=1S/C14H15BrINO/c1-2-8-17-14(12-6-7-13(15)18-12)10-4-3-5-11(16)9-10/h3-7,9,14,17H,2,8H2,1H3. The Hall–Kier alpha value is -0.330. The smallest absolute Gasteiger partial charge is 0.169 e. The molecule has 1 heterocycles. The third-order valence-electron chi connectivity index (χ3n) is 2.66. The van der Waals surface area contributed by atoms with Crippen molar-refractivity contribution in [3.05, 3.63) is 56.0 Å². The van der Waals surface area contributed by atoms with E-state index in [2.05, 4.69) is 75.0 Å². The maximum Gasteiger partial charge on any atom is 0.169 e. The highest BCUT2D eigenvalue weighted by atomic mass is 127. The van der Waals surface area contributed by atoms with Crippen molar-refractivity contribution in [2.45, 2.75) is 19.4 Å². The first-order valence-corrected chi connectivity index (χ1v) is 7.82. The van der Waals surface area contributed by atoms with Crippen molar-refractivity contribution in [2.75, 3.05) is 6.54 Å². The van der Waals surface area contributed by atoms with Gasteiger partial charge in [-0.1, -0.05) is 19.1 Å². The summed E-state index contributed by atoms with van der Waals surface area (Å²) in [7, 11) is 0. The lowest BCUT2D eigenvalue weighted by atomic mass is 10.0. The number of nitrogens with one attached hydrogen (secondary N) is 1. The molecule has 1 atom stereocenters. The van der Waals surface area contributed by atoms with Crippen LogP contribution in [0.2, 0.25) is 0 Å². The van der Waals surface area contributed by atoms with Crippen molar-refractivity contribution >= 4 is 38.5 Å². The predicted molar refractivity (Wildman–Crippen MR) is 85.7 cm³/mol. The summed E-state index contributed by atoms with van der Waals surface area (Å²) < 4.78 is 7.69. The van der Waals surface area contributed by atoms with Crippen LogP contribution >= 0.6 is 38.5 Å². The van der Waals surface area contributed by atoms with Gasteiger partial charge in [0.05, 0.1) is 6.04 Å². The van der Waals surface area contributed by atoms with Gasteiger partial charge in [-0.05, 0) is 81.3 Å². The summed E-state index contributed by atoms with van der Waals surface area (Å²) in [6.07, 6.45) is 1.10. The molecule has 0 spiro atoms. The molecule has 0 saturated carbocycles. The van der Waals surface area contributed by atoms with E-state index in [1.54, 1.807) is 0 Å². The van der Waals surface area contributed by atoms with Gasteiger partial charge in [0, 0.05) is 3.57 Å². The van der Waals surface area contributed by atoms with Gasteiger partial charge in [-0.3, -0.25) is 0 Å². The average molecular weight is 420 g/mol. The Morgan fingerprint density at radius 1 is 1.33 bits per heavy atom. The lowest BCUT2D eigenvalue weighted by molar-refractivity contribution is 0.433. The van der Waals surface area contributed by atoms with Crippen LogP contribution in [0.15, 0.2) is 45.5 Å². The van der Waals surface area contributed by atoms with E-state index in [1.807, 2.05) is 12.1 Å². The molecule has 1 aromatic carbocycles. The van der Waals surface area contributed by atoms with E-state index >= 15 is 0 Å². The molecular formula is C14H15BrINO. The summed E-state index contributed by atoms with van der Waals surface area (Å²) in [4.78, 5) is 0. The number of hydrogen-bond donors (Lipinski definition) is 1. The molecule has 2 nitrogen and oxygen atoms in total. The number of hydrogen-bond acceptors (Lipinski definition) is 2. The summed E-state index contributed by atoms with van der Waals surface area (Å²) >= 11 is 5.69. The van der Waals surface area contributed by atoms with E-state index in [4.69, 9.17) is 4.42 Å². The summed E-state index contributed by atoms with van der Waals surface area (Å²) in [6, 6.07) is 12.6. The molecule has 4 heteroatoms. The Morgan fingerprint density at radius 2 is 2.17 bits per heavy atom. The first kappa shape index (κ1) is 14.1. The van der Waals surface area contributed by atoms with Crippen LogP contribution < -0.4 is 5.32 Å². The van der Waals surface area contributed by atoms with Gasteiger partial charge in [0.25, 0.3) is 0 Å². The van der Waals surface area contributed by atoms with E-state index in [-0.39, 0.29) is 6.04 Å². The Labute approximate surface area is 129 Å². The Bertz CT molecular complexity index is 512. The Morgan fingerprint density at radius 3 is 2.78 bits per heavy atom. The van der Waals surface area contributed by atoms with Crippen LogP contribution in [0.25, 0.3) is 0 Å². The van der Waals surface area contributed by atoms with Crippen LogP contribution in [0.4, 0.5) is 0 Å². The largest absolute Gasteiger partial charge is 0.452 e. The topological polar surface area (TPSA) is 25.2 Å². The molecule has 2 aromatic rings. The molecule has 0 radical (unpaired) electrons. The third kappa shape index (κ3) is 3.59. The lowest BCUT2D eigenvalue weighted by Crippen LogP contribution is -2.22. The summed E-state index contributed by atoms with van der Waals surface area (Å²) in [5, 5.41) is 3.52. The molecule has 0 fully saturated rings. The van der Waals surface area contributed by atoms with Gasteiger partial charge in [-0.25, -0.2) is 0 Å². The predicted octanol–water partition coefficient (Wildman–Crippen LogP) is 4.74. The van der Waals surface area contributed by atoms with Gasteiger partial charge in [-0.15, -0.1) is 0 Å². The first-order valence-electron chi connectivity index (χ1n) is 5.94. The fraction of sp³-hybridized carbons (Fsp3) is 0.286. The van der Waals surface area contributed by atoms with Gasteiger partial charge >= 0.3 is 0 Å². The minimum atomic E-state index is 0.117. The minimum Gasteiger partial charge on any atom is -0.452 e. The highest BCUT2D eigenvalue weighted by molar-refractivity contribution is 14.1. The molecule has 0 bridgehead atoms. The SMILES string of the molecule is CCCNC(c1cccc(I)c1)c1ccc(Br)o1. The third-order valence-corrected chi connectivity index (χ3v) is 3.76. The number of halogens is 2. The van der Waals surface area contributed by atoms with Gasteiger partial charge < -0.3 is 9.73 Å². The molecule has 0 saturated heterocycles. The van der Waals surface area contributed by atoms with Gasteiger partial charge in [0.1, 0.15) is 5.76 Å². The van der Waals surface area contributed by atoms with Crippen LogP contribution in [0, 0.1) is 3.57 Å². The molecule has 1 N–H and O–H groups in total. The quantitative estimate of drug-likeness (QED) is 0.708. The van der Waals surface area contributed by atoms with Crippen molar-refractivity contribution < 1.29 is 4.42 Å². The summed E-state index contributed by atoms with van der Waals surface area (Å²) in [5.74, 6) is 0.942. The molecule has 1 unspecified atom stereocenters. The summed E-state index contributed by atoms with van der Waals surface area (Å²) in [5.41, 5.74) is 1.23. The second kappa shape index (κ2) is 6.73. The molecule has 0 aliphatic heterocycles. The van der Waals surface area contributed by atoms with E-state index in [0.29, 0.717) is 0 Å². The zero-order chi connectivity index (χ0) is 13.0.